The Balaban J connectivity index is 3.32. The van der Waals surface area contributed by atoms with E-state index in [-0.39, 0.29) is 62.9 Å². The Morgan fingerprint density at radius 2 is 1.17 bits per heavy atom. The molecule has 7 N–H and O–H groups in total. The van der Waals surface area contributed by atoms with E-state index in [1.54, 1.807) is 0 Å². The fourth-order valence-corrected chi connectivity index (χ4v) is 6.82. The van der Waals surface area contributed by atoms with Gasteiger partial charge < -0.3 is 36.6 Å². The Hall–Kier alpha value is -0.340. The number of rotatable bonds is 13. The Kier molecular flexibility index (Phi) is 13.5. The Labute approximate surface area is 214 Å². The summed E-state index contributed by atoms with van der Waals surface area (Å²) in [5, 5.41) is 37.7. The molecule has 0 spiro atoms. The number of anilines is 1. The van der Waals surface area contributed by atoms with Crippen LogP contribution in [0.2, 0.25) is 0 Å². The van der Waals surface area contributed by atoms with Gasteiger partial charge in [0.2, 0.25) is 0 Å². The summed E-state index contributed by atoms with van der Waals surface area (Å²) >= 11 is 5.89. The van der Waals surface area contributed by atoms with Crippen molar-refractivity contribution in [3.05, 3.63) is 21.8 Å². The zero-order valence-electron chi connectivity index (χ0n) is 15.9. The summed E-state index contributed by atoms with van der Waals surface area (Å²) in [5.41, 5.74) is 0.982. The van der Waals surface area contributed by atoms with E-state index in [0.717, 1.165) is 0 Å². The average Bonchev–Trinajstić information content (AvgIpc) is 2.70. The Bertz CT molecular complexity index is 731. The first-order valence-electron chi connectivity index (χ1n) is 8.85. The molecule has 10 nitrogen and oxygen atoms in total. The summed E-state index contributed by atoms with van der Waals surface area (Å²) in [7, 11) is 0. The van der Waals surface area contributed by atoms with Crippen molar-refractivity contribution in [3.8, 4) is 0 Å². The lowest BCUT2D eigenvalue weighted by molar-refractivity contribution is -0.116. The van der Waals surface area contributed by atoms with Crippen LogP contribution in [0.25, 0.3) is 0 Å². The van der Waals surface area contributed by atoms with Gasteiger partial charge in [0.15, 0.2) is 5.78 Å². The first kappa shape index (κ1) is 27.7. The van der Waals surface area contributed by atoms with E-state index in [4.69, 9.17) is 15.3 Å². The third-order valence-electron chi connectivity index (χ3n) is 3.64. The predicted octanol–water partition coefficient (Wildman–Crippen LogP) is -0.492. The molecular weight excluding hydrogens is 737 g/mol. The van der Waals surface area contributed by atoms with E-state index < -0.39 is 11.8 Å². The lowest BCUT2D eigenvalue weighted by Gasteiger charge is -2.20. The number of amides is 2. The molecule has 13 heteroatoms. The quantitative estimate of drug-likeness (QED) is 0.105. The van der Waals surface area contributed by atoms with Crippen molar-refractivity contribution in [3.63, 3.8) is 0 Å². The van der Waals surface area contributed by atoms with Gasteiger partial charge in [-0.15, -0.1) is 0 Å². The molecule has 1 rings (SSSR count). The SMILES string of the molecule is O=C(CNCCO)CNc1c(I)c(C(=O)NCCO)c(I)c(C(=O)NCCO)c1I. The molecule has 0 unspecified atom stereocenters. The number of benzene rings is 1. The average molecular weight is 760 g/mol. The summed E-state index contributed by atoms with van der Waals surface area (Å²) in [6.07, 6.45) is 0. The second kappa shape index (κ2) is 14.7. The molecule has 0 heterocycles. The molecule has 0 saturated heterocycles. The van der Waals surface area contributed by atoms with Crippen molar-refractivity contribution in [1.29, 1.82) is 0 Å². The van der Waals surface area contributed by atoms with Crippen LogP contribution >= 0.6 is 67.8 Å². The number of carbonyl (C=O) groups excluding carboxylic acids is 3. The molecule has 30 heavy (non-hydrogen) atoms. The highest BCUT2D eigenvalue weighted by atomic mass is 127. The summed E-state index contributed by atoms with van der Waals surface area (Å²) in [5.74, 6) is -1.07. The van der Waals surface area contributed by atoms with E-state index in [1.807, 2.05) is 67.8 Å². The zero-order chi connectivity index (χ0) is 22.7. The lowest BCUT2D eigenvalue weighted by atomic mass is 10.1. The van der Waals surface area contributed by atoms with Crippen molar-refractivity contribution in [2.24, 2.45) is 0 Å². The van der Waals surface area contributed by atoms with Crippen LogP contribution < -0.4 is 21.3 Å². The molecule has 168 valence electrons. The second-order valence-electron chi connectivity index (χ2n) is 5.82. The number of hydrogen-bond donors (Lipinski definition) is 7. The Morgan fingerprint density at radius 1 is 0.700 bits per heavy atom. The second-order valence-corrected chi connectivity index (χ2v) is 9.05. The fraction of sp³-hybridized carbons (Fsp3) is 0.471. The zero-order valence-corrected chi connectivity index (χ0v) is 22.3. The summed E-state index contributed by atoms with van der Waals surface area (Å²) in [6, 6.07) is 0. The van der Waals surface area contributed by atoms with E-state index in [1.165, 1.54) is 0 Å². The molecule has 0 aliphatic carbocycles. The molecule has 0 fully saturated rings. The molecule has 0 aromatic heterocycles. The third-order valence-corrected chi connectivity index (χ3v) is 6.88. The van der Waals surface area contributed by atoms with Gasteiger partial charge >= 0.3 is 0 Å². The molecular formula is C17H23I3N4O6. The number of ketones is 1. The van der Waals surface area contributed by atoms with Gasteiger partial charge in [0.25, 0.3) is 11.8 Å². The van der Waals surface area contributed by atoms with Crippen LogP contribution in [0.5, 0.6) is 0 Å². The van der Waals surface area contributed by atoms with Crippen LogP contribution in [0.15, 0.2) is 0 Å². The summed E-state index contributed by atoms with van der Waals surface area (Å²) < 4.78 is 1.49. The van der Waals surface area contributed by atoms with Crippen LogP contribution in [0.1, 0.15) is 20.7 Å². The molecule has 0 saturated carbocycles. The van der Waals surface area contributed by atoms with E-state index in [2.05, 4.69) is 21.3 Å². The molecule has 1 aromatic rings. The third kappa shape index (κ3) is 7.97. The van der Waals surface area contributed by atoms with Crippen LogP contribution in [0.4, 0.5) is 5.69 Å². The smallest absolute Gasteiger partial charge is 0.253 e. The summed E-state index contributed by atoms with van der Waals surface area (Å²) in [6.45, 7) is -0.0944. The maximum atomic E-state index is 12.7. The van der Waals surface area contributed by atoms with Crippen LogP contribution in [-0.4, -0.2) is 85.5 Å². The normalized spacial score (nSPS) is 10.6. The van der Waals surface area contributed by atoms with Crippen molar-refractivity contribution >= 4 is 91.1 Å². The minimum atomic E-state index is -0.454. The summed E-state index contributed by atoms with van der Waals surface area (Å²) in [4.78, 5) is 37.4. The topological polar surface area (TPSA) is 160 Å². The number of Topliss-reactive ketones (excluding diaryl/α,β-unsaturated/α-hetero) is 1. The van der Waals surface area contributed by atoms with Gasteiger partial charge in [-0.1, -0.05) is 0 Å². The number of hydrogen-bond acceptors (Lipinski definition) is 8. The van der Waals surface area contributed by atoms with Crippen LogP contribution in [0.3, 0.4) is 0 Å². The number of aliphatic hydroxyl groups excluding tert-OH is 3. The van der Waals surface area contributed by atoms with Crippen molar-refractivity contribution in [2.75, 3.05) is 57.9 Å². The number of aliphatic hydroxyl groups is 3. The minimum Gasteiger partial charge on any atom is -0.395 e. The standard InChI is InChI=1S/C17H23I3N4O6/c18-12-10(16(29)22-2-5-26)13(19)15(24-8-9(28)7-21-1-4-25)14(20)11(12)17(30)23-3-6-27/h21,24-27H,1-8H2,(H,22,29)(H,23,30). The minimum absolute atomic E-state index is 0.0412. The van der Waals surface area contributed by atoms with Crippen molar-refractivity contribution in [2.45, 2.75) is 0 Å². The number of halogens is 3. The van der Waals surface area contributed by atoms with E-state index in [0.29, 0.717) is 22.9 Å². The molecule has 0 bridgehead atoms. The van der Waals surface area contributed by atoms with E-state index in [9.17, 15) is 14.4 Å². The van der Waals surface area contributed by atoms with Crippen LogP contribution in [-0.2, 0) is 4.79 Å². The first-order valence-corrected chi connectivity index (χ1v) is 12.1. The molecule has 0 aliphatic heterocycles. The monoisotopic (exact) mass is 760 g/mol. The van der Waals surface area contributed by atoms with Crippen molar-refractivity contribution in [1.82, 2.24) is 16.0 Å². The highest BCUT2D eigenvalue weighted by Gasteiger charge is 2.27. The van der Waals surface area contributed by atoms with Crippen LogP contribution in [0, 0.1) is 10.7 Å². The highest BCUT2D eigenvalue weighted by molar-refractivity contribution is 14.1. The lowest BCUT2D eigenvalue weighted by Crippen LogP contribution is -2.33. The number of nitrogens with one attached hydrogen (secondary N) is 4. The van der Waals surface area contributed by atoms with Gasteiger partial charge in [-0.25, -0.2) is 0 Å². The number of carbonyl (C=O) groups is 3. The molecule has 0 aliphatic rings. The van der Waals surface area contributed by atoms with Gasteiger partial charge in [0, 0.05) is 23.2 Å². The van der Waals surface area contributed by atoms with Crippen molar-refractivity contribution < 1.29 is 29.7 Å². The molecule has 1 aromatic carbocycles. The van der Waals surface area contributed by atoms with Gasteiger partial charge in [-0.3, -0.25) is 14.4 Å². The molecule has 2 amide bonds. The Morgan fingerprint density at radius 3 is 1.60 bits per heavy atom. The predicted molar refractivity (Wildman–Crippen MR) is 137 cm³/mol. The van der Waals surface area contributed by atoms with Gasteiger partial charge in [0.05, 0.1) is 56.9 Å². The van der Waals surface area contributed by atoms with Gasteiger partial charge in [-0.05, 0) is 67.8 Å². The maximum Gasteiger partial charge on any atom is 0.253 e. The molecule has 0 radical (unpaired) electrons. The first-order chi connectivity index (χ1) is 14.3. The molecule has 0 atom stereocenters. The highest BCUT2D eigenvalue weighted by Crippen LogP contribution is 2.35. The maximum absolute atomic E-state index is 12.7. The van der Waals surface area contributed by atoms with E-state index >= 15 is 0 Å². The largest absolute Gasteiger partial charge is 0.395 e. The van der Waals surface area contributed by atoms with Gasteiger partial charge in [0.1, 0.15) is 0 Å². The fourth-order valence-electron chi connectivity index (χ4n) is 2.29. The van der Waals surface area contributed by atoms with Gasteiger partial charge in [-0.2, -0.15) is 0 Å².